The van der Waals surface area contributed by atoms with Crippen LogP contribution in [-0.4, -0.2) is 0 Å². The molecule has 2 rings (SSSR count). The lowest BCUT2D eigenvalue weighted by Crippen LogP contribution is -1.79. The first-order valence-electron chi connectivity index (χ1n) is 4.07. The quantitative estimate of drug-likeness (QED) is 0.538. The van der Waals surface area contributed by atoms with E-state index in [1.165, 1.54) is 11.1 Å². The van der Waals surface area contributed by atoms with E-state index in [9.17, 15) is 0 Å². The van der Waals surface area contributed by atoms with E-state index in [1.807, 2.05) is 12.2 Å². The van der Waals surface area contributed by atoms with Crippen LogP contribution >= 0.6 is 0 Å². The Hall–Kier alpha value is -1.56. The van der Waals surface area contributed by atoms with Gasteiger partial charge in [-0.15, -0.1) is 0 Å². The van der Waals surface area contributed by atoms with Crippen LogP contribution in [0.4, 0.5) is 0 Å². The van der Waals surface area contributed by atoms with Crippen molar-refractivity contribution in [2.75, 3.05) is 0 Å². The van der Waals surface area contributed by atoms with Gasteiger partial charge in [-0.1, -0.05) is 60.7 Å². The van der Waals surface area contributed by atoms with E-state index >= 15 is 0 Å². The summed E-state index contributed by atoms with van der Waals surface area (Å²) in [4.78, 5) is 0. The maximum absolute atomic E-state index is 2.12. The molecule has 12 heavy (non-hydrogen) atoms. The summed E-state index contributed by atoms with van der Waals surface area (Å²) in [5, 5.41) is 0. The van der Waals surface area contributed by atoms with Gasteiger partial charge in [0.15, 0.2) is 0 Å². The molecule has 0 unspecified atom stereocenters. The van der Waals surface area contributed by atoms with Gasteiger partial charge in [0.05, 0.1) is 0 Å². The first-order chi connectivity index (χ1) is 5.97. The molecule has 0 aliphatic heterocycles. The van der Waals surface area contributed by atoms with E-state index in [2.05, 4.69) is 48.6 Å². The van der Waals surface area contributed by atoms with Crippen LogP contribution in [0.1, 0.15) is 11.1 Å². The highest BCUT2D eigenvalue weighted by Crippen LogP contribution is 2.13. The largest absolute Gasteiger partial charge is 0.0622 e. The Morgan fingerprint density at radius 1 is 0.583 bits per heavy atom. The molecule has 0 saturated heterocycles. The second-order valence-electron chi connectivity index (χ2n) is 2.73. The Labute approximate surface area is 72.5 Å². The van der Waals surface area contributed by atoms with Crippen LogP contribution in [0.2, 0.25) is 0 Å². The molecule has 0 fully saturated rings. The normalized spacial score (nSPS) is 19.0. The zero-order valence-electron chi connectivity index (χ0n) is 6.77. The molecule has 0 N–H and O–H groups in total. The number of hydrogen-bond donors (Lipinski definition) is 0. The van der Waals surface area contributed by atoms with Gasteiger partial charge in [0.1, 0.15) is 0 Å². The Morgan fingerprint density at radius 2 is 1.08 bits per heavy atom. The van der Waals surface area contributed by atoms with Crippen molar-refractivity contribution in [3.63, 3.8) is 0 Å². The number of fused-ring (bicyclic) bond motifs is 1. The third-order valence-electron chi connectivity index (χ3n) is 1.88. The molecule has 1 aliphatic rings. The zero-order chi connectivity index (χ0) is 8.23. The van der Waals surface area contributed by atoms with Crippen LogP contribution in [0.25, 0.3) is 12.2 Å². The third kappa shape index (κ3) is 1.37. The molecule has 0 atom stereocenters. The van der Waals surface area contributed by atoms with Crippen LogP contribution in [0.15, 0.2) is 48.6 Å². The standard InChI is InChI=1S/C12H10/c1-2-4-8-12-10-6-5-9-11(12)7-3-1/h1-10H/b2-1-,3-1?,4-2?,7-3-,8-4?,11-7?,12-8?. The van der Waals surface area contributed by atoms with Gasteiger partial charge in [-0.05, 0) is 11.1 Å². The van der Waals surface area contributed by atoms with Crippen molar-refractivity contribution in [3.05, 3.63) is 59.7 Å². The summed E-state index contributed by atoms with van der Waals surface area (Å²) in [5.74, 6) is 0. The summed E-state index contributed by atoms with van der Waals surface area (Å²) >= 11 is 0. The van der Waals surface area contributed by atoms with Crippen molar-refractivity contribution in [1.29, 1.82) is 0 Å². The first kappa shape index (κ1) is 7.11. The second-order valence-corrected chi connectivity index (χ2v) is 2.73. The van der Waals surface area contributed by atoms with Gasteiger partial charge in [0.25, 0.3) is 0 Å². The molecule has 0 heterocycles. The van der Waals surface area contributed by atoms with E-state index in [0.717, 1.165) is 0 Å². The van der Waals surface area contributed by atoms with Gasteiger partial charge in [-0.2, -0.15) is 0 Å². The Kier molecular flexibility index (Phi) is 1.91. The van der Waals surface area contributed by atoms with Gasteiger partial charge >= 0.3 is 0 Å². The highest BCUT2D eigenvalue weighted by atomic mass is 14.0. The van der Waals surface area contributed by atoms with E-state index in [4.69, 9.17) is 0 Å². The number of benzene rings is 1. The first-order valence-corrected chi connectivity index (χ1v) is 4.07. The van der Waals surface area contributed by atoms with E-state index in [-0.39, 0.29) is 0 Å². The van der Waals surface area contributed by atoms with E-state index < -0.39 is 0 Å². The van der Waals surface area contributed by atoms with E-state index in [0.29, 0.717) is 0 Å². The van der Waals surface area contributed by atoms with Crippen molar-refractivity contribution >= 4 is 12.2 Å². The summed E-state index contributed by atoms with van der Waals surface area (Å²) in [6, 6.07) is 8.36. The molecule has 1 aromatic carbocycles. The molecular weight excluding hydrogens is 144 g/mol. The van der Waals surface area contributed by atoms with Crippen molar-refractivity contribution in [1.82, 2.24) is 0 Å². The Morgan fingerprint density at radius 3 is 1.58 bits per heavy atom. The highest BCUT2D eigenvalue weighted by Gasteiger charge is 1.93. The zero-order valence-corrected chi connectivity index (χ0v) is 6.77. The Bertz CT molecular complexity index is 319. The predicted octanol–water partition coefficient (Wildman–Crippen LogP) is 3.28. The minimum Gasteiger partial charge on any atom is -0.0622 e. The fourth-order valence-electron chi connectivity index (χ4n) is 1.26. The monoisotopic (exact) mass is 154 g/mol. The molecule has 0 aromatic heterocycles. The molecule has 0 amide bonds. The van der Waals surface area contributed by atoms with Gasteiger partial charge < -0.3 is 0 Å². The summed E-state index contributed by atoms with van der Waals surface area (Å²) in [5.41, 5.74) is 2.55. The summed E-state index contributed by atoms with van der Waals surface area (Å²) in [7, 11) is 0. The minimum atomic E-state index is 1.28. The Balaban J connectivity index is 2.54. The number of hydrogen-bond acceptors (Lipinski definition) is 0. The van der Waals surface area contributed by atoms with Crippen LogP contribution < -0.4 is 0 Å². The SMILES string of the molecule is C1=Cc2ccccc2/C=C\C=C/1. The lowest BCUT2D eigenvalue weighted by atomic mass is 10.1. The molecule has 0 nitrogen and oxygen atoms in total. The van der Waals surface area contributed by atoms with Crippen molar-refractivity contribution < 1.29 is 0 Å². The molecule has 0 saturated carbocycles. The molecule has 1 aliphatic carbocycles. The van der Waals surface area contributed by atoms with Crippen LogP contribution in [-0.2, 0) is 0 Å². The van der Waals surface area contributed by atoms with Crippen LogP contribution in [0.3, 0.4) is 0 Å². The minimum absolute atomic E-state index is 1.28. The summed E-state index contributed by atoms with van der Waals surface area (Å²) in [6.45, 7) is 0. The van der Waals surface area contributed by atoms with Gasteiger partial charge in [-0.25, -0.2) is 0 Å². The number of allylic oxidation sites excluding steroid dienone is 4. The average Bonchev–Trinajstić information content (AvgIpc) is 2.06. The topological polar surface area (TPSA) is 0 Å². The van der Waals surface area contributed by atoms with Gasteiger partial charge in [0.2, 0.25) is 0 Å². The average molecular weight is 154 g/mol. The molecule has 0 bridgehead atoms. The molecule has 0 radical (unpaired) electrons. The fraction of sp³-hybridized carbons (Fsp3) is 0. The second kappa shape index (κ2) is 3.22. The third-order valence-corrected chi connectivity index (χ3v) is 1.88. The predicted molar refractivity (Wildman–Crippen MR) is 53.7 cm³/mol. The summed E-state index contributed by atoms with van der Waals surface area (Å²) in [6.07, 6.45) is 12.4. The molecule has 58 valence electrons. The lowest BCUT2D eigenvalue weighted by molar-refractivity contribution is 1.60. The van der Waals surface area contributed by atoms with E-state index in [1.54, 1.807) is 0 Å². The number of rotatable bonds is 0. The van der Waals surface area contributed by atoms with Crippen LogP contribution in [0.5, 0.6) is 0 Å². The fourth-order valence-corrected chi connectivity index (χ4v) is 1.26. The van der Waals surface area contributed by atoms with Crippen LogP contribution in [0, 0.1) is 0 Å². The van der Waals surface area contributed by atoms with Crippen molar-refractivity contribution in [2.24, 2.45) is 0 Å². The molecule has 1 aromatic rings. The smallest absolute Gasteiger partial charge is 0.0184 e. The van der Waals surface area contributed by atoms with Gasteiger partial charge in [-0.3, -0.25) is 0 Å². The lowest BCUT2D eigenvalue weighted by Gasteiger charge is -2.00. The maximum atomic E-state index is 2.12. The molecule has 0 heteroatoms. The highest BCUT2D eigenvalue weighted by molar-refractivity contribution is 5.67. The molecular formula is C12H10. The van der Waals surface area contributed by atoms with Crippen molar-refractivity contribution in [2.45, 2.75) is 0 Å². The van der Waals surface area contributed by atoms with Gasteiger partial charge in [0, 0.05) is 0 Å². The maximum Gasteiger partial charge on any atom is -0.0184 e. The van der Waals surface area contributed by atoms with Crippen molar-refractivity contribution in [3.8, 4) is 0 Å². The molecule has 0 spiro atoms. The summed E-state index contributed by atoms with van der Waals surface area (Å²) < 4.78 is 0.